The van der Waals surface area contributed by atoms with Crippen LogP contribution in [0.15, 0.2) is 42.6 Å². The number of benzene rings is 2. The highest BCUT2D eigenvalue weighted by molar-refractivity contribution is 5.98. The summed E-state index contributed by atoms with van der Waals surface area (Å²) in [7, 11) is 0. The van der Waals surface area contributed by atoms with Crippen LogP contribution in [0.5, 0.6) is 11.5 Å². The van der Waals surface area contributed by atoms with Crippen LogP contribution in [-0.2, 0) is 32.0 Å². The number of esters is 1. The lowest BCUT2D eigenvalue weighted by molar-refractivity contribution is -0.189. The fourth-order valence-electron chi connectivity index (χ4n) is 5.92. The topological polar surface area (TPSA) is 148 Å². The number of H-pyrrole nitrogens is 1. The van der Waals surface area contributed by atoms with Crippen molar-refractivity contribution in [3.63, 3.8) is 0 Å². The van der Waals surface area contributed by atoms with Gasteiger partial charge in [0.05, 0.1) is 25.8 Å². The number of hydrogen-bond acceptors (Lipinski definition) is 9. The monoisotopic (exact) mass is 672 g/mol. The third-order valence-corrected chi connectivity index (χ3v) is 8.32. The first-order valence-electron chi connectivity index (χ1n) is 16.1. The molecule has 3 aromatic rings. The standard InChI is InChI=1S/C33H39F3N6O6/c34-33(35,36)32(45)48-27-10-9-23(31-30(27)39-28(43)21-47-31)11-14-37-15-16-42(25-7-2-1-3-8-25)29(44)13-18-46-17-12-22-5-4-6-24(19-22)26-20-38-41-40-26/h4-6,9-10,19-20,25,37H,1-3,7-8,11-18,21H2,(H,39,43)(H,38,40,41). The molecule has 0 saturated heterocycles. The largest absolute Gasteiger partial charge is 0.491 e. The van der Waals surface area contributed by atoms with Crippen molar-refractivity contribution in [2.75, 3.05) is 44.8 Å². The van der Waals surface area contributed by atoms with Gasteiger partial charge in [-0.3, -0.25) is 9.59 Å². The van der Waals surface area contributed by atoms with E-state index in [1.165, 1.54) is 18.6 Å². The molecule has 48 heavy (non-hydrogen) atoms. The predicted octanol–water partition coefficient (Wildman–Crippen LogP) is 4.21. The zero-order valence-corrected chi connectivity index (χ0v) is 26.4. The number of carbonyl (C=O) groups excluding carboxylic acids is 3. The molecule has 0 unspecified atom stereocenters. The number of anilines is 1. The number of ether oxygens (including phenoxy) is 3. The van der Waals surface area contributed by atoms with E-state index in [-0.39, 0.29) is 36.4 Å². The van der Waals surface area contributed by atoms with Crippen LogP contribution in [-0.4, -0.2) is 89.8 Å². The van der Waals surface area contributed by atoms with Crippen LogP contribution in [0, 0.1) is 0 Å². The van der Waals surface area contributed by atoms with Crippen molar-refractivity contribution in [2.45, 2.75) is 63.6 Å². The van der Waals surface area contributed by atoms with Crippen molar-refractivity contribution in [1.29, 1.82) is 0 Å². The lowest BCUT2D eigenvalue weighted by atomic mass is 9.94. The average Bonchev–Trinajstić information content (AvgIpc) is 3.62. The highest BCUT2D eigenvalue weighted by Crippen LogP contribution is 2.40. The molecule has 12 nitrogen and oxygen atoms in total. The Morgan fingerprint density at radius 3 is 2.67 bits per heavy atom. The predicted molar refractivity (Wildman–Crippen MR) is 168 cm³/mol. The second kappa shape index (κ2) is 16.6. The van der Waals surface area contributed by atoms with Crippen molar-refractivity contribution < 1.29 is 41.8 Å². The van der Waals surface area contributed by atoms with E-state index < -0.39 is 23.8 Å². The maximum Gasteiger partial charge on any atom is 0.491 e. The minimum Gasteiger partial charge on any atom is -0.481 e. The van der Waals surface area contributed by atoms with Gasteiger partial charge in [0.1, 0.15) is 11.4 Å². The van der Waals surface area contributed by atoms with E-state index in [4.69, 9.17) is 9.47 Å². The Bertz CT molecular complexity index is 1550. The van der Waals surface area contributed by atoms with Gasteiger partial charge in [-0.05, 0) is 55.5 Å². The van der Waals surface area contributed by atoms with Gasteiger partial charge in [0.15, 0.2) is 18.1 Å². The van der Waals surface area contributed by atoms with Gasteiger partial charge in [0.2, 0.25) is 5.91 Å². The first-order valence-corrected chi connectivity index (χ1v) is 16.1. The number of fused-ring (bicyclic) bond motifs is 1. The minimum atomic E-state index is -5.19. The van der Waals surface area contributed by atoms with Crippen molar-refractivity contribution >= 4 is 23.5 Å². The van der Waals surface area contributed by atoms with E-state index in [2.05, 4.69) is 30.8 Å². The Kier molecular flexibility index (Phi) is 12.0. The highest BCUT2D eigenvalue weighted by Gasteiger charge is 2.42. The van der Waals surface area contributed by atoms with Gasteiger partial charge in [-0.15, -0.1) is 0 Å². The number of nitrogens with one attached hydrogen (secondary N) is 3. The Morgan fingerprint density at radius 1 is 1.06 bits per heavy atom. The molecular weight excluding hydrogens is 633 g/mol. The van der Waals surface area contributed by atoms with Crippen LogP contribution in [0.25, 0.3) is 11.3 Å². The molecule has 2 heterocycles. The molecule has 2 amide bonds. The lowest BCUT2D eigenvalue weighted by Gasteiger charge is -2.34. The summed E-state index contributed by atoms with van der Waals surface area (Å²) in [5.41, 5.74) is 3.35. The summed E-state index contributed by atoms with van der Waals surface area (Å²) in [6.45, 7) is 2.03. The third kappa shape index (κ3) is 9.53. The van der Waals surface area contributed by atoms with Gasteiger partial charge in [0, 0.05) is 24.7 Å². The SMILES string of the molecule is O=C1COc2c(CCNCCN(C(=O)CCOCCc3cccc(-c4cn[nH]n4)c3)C3CCCCC3)ccc(OC(=O)C(F)(F)F)c2N1. The zero-order chi connectivity index (χ0) is 33.9. The molecule has 0 spiro atoms. The second-order valence-electron chi connectivity index (χ2n) is 11.7. The molecule has 1 saturated carbocycles. The Hall–Kier alpha value is -4.50. The number of rotatable bonds is 15. The molecule has 2 aliphatic rings. The first-order chi connectivity index (χ1) is 23.2. The van der Waals surface area contributed by atoms with Crippen LogP contribution < -0.4 is 20.1 Å². The van der Waals surface area contributed by atoms with Crippen molar-refractivity contribution in [1.82, 2.24) is 25.6 Å². The summed E-state index contributed by atoms with van der Waals surface area (Å²) >= 11 is 0. The molecule has 15 heteroatoms. The van der Waals surface area contributed by atoms with Gasteiger partial charge in [0.25, 0.3) is 5.91 Å². The van der Waals surface area contributed by atoms with Crippen LogP contribution in [0.4, 0.5) is 18.9 Å². The number of aromatic nitrogens is 3. The number of amides is 2. The number of alkyl halides is 3. The van der Waals surface area contributed by atoms with Crippen molar-refractivity contribution in [3.8, 4) is 22.8 Å². The van der Waals surface area contributed by atoms with Gasteiger partial charge in [-0.1, -0.05) is 43.5 Å². The van der Waals surface area contributed by atoms with Gasteiger partial charge in [-0.25, -0.2) is 4.79 Å². The molecule has 1 aliphatic heterocycles. The molecular formula is C33H39F3N6O6. The van der Waals surface area contributed by atoms with Gasteiger partial charge >= 0.3 is 12.1 Å². The maximum absolute atomic E-state index is 13.3. The smallest absolute Gasteiger partial charge is 0.481 e. The van der Waals surface area contributed by atoms with E-state index >= 15 is 0 Å². The third-order valence-electron chi connectivity index (χ3n) is 8.32. The summed E-state index contributed by atoms with van der Waals surface area (Å²) in [5, 5.41) is 16.4. The molecule has 3 N–H and O–H groups in total. The quantitative estimate of drug-likeness (QED) is 0.123. The van der Waals surface area contributed by atoms with E-state index in [9.17, 15) is 27.6 Å². The fourth-order valence-corrected chi connectivity index (χ4v) is 5.92. The highest BCUT2D eigenvalue weighted by atomic mass is 19.4. The van der Waals surface area contributed by atoms with Crippen LogP contribution >= 0.6 is 0 Å². The van der Waals surface area contributed by atoms with Gasteiger partial charge in [-0.2, -0.15) is 28.6 Å². The minimum absolute atomic E-state index is 0.0546. The number of hydrogen-bond donors (Lipinski definition) is 3. The molecule has 0 atom stereocenters. The maximum atomic E-state index is 13.3. The number of carbonyl (C=O) groups is 3. The second-order valence-corrected chi connectivity index (χ2v) is 11.7. The molecule has 1 aliphatic carbocycles. The molecule has 0 bridgehead atoms. The molecule has 5 rings (SSSR count). The molecule has 1 fully saturated rings. The van der Waals surface area contributed by atoms with E-state index in [1.807, 2.05) is 29.2 Å². The van der Waals surface area contributed by atoms with Crippen molar-refractivity contribution in [2.24, 2.45) is 0 Å². The van der Waals surface area contributed by atoms with Crippen molar-refractivity contribution in [3.05, 3.63) is 53.7 Å². The zero-order valence-electron chi connectivity index (χ0n) is 26.4. The number of aromatic amines is 1. The first kappa shape index (κ1) is 34.8. The summed E-state index contributed by atoms with van der Waals surface area (Å²) < 4.78 is 54.1. The van der Waals surface area contributed by atoms with E-state index in [1.54, 1.807) is 6.20 Å². The van der Waals surface area contributed by atoms with E-state index in [0.717, 1.165) is 42.5 Å². The van der Waals surface area contributed by atoms with Gasteiger partial charge < -0.3 is 29.7 Å². The Morgan fingerprint density at radius 2 is 1.90 bits per heavy atom. The molecule has 2 aromatic carbocycles. The summed E-state index contributed by atoms with van der Waals surface area (Å²) in [6, 6.07) is 10.9. The normalized spacial score (nSPS) is 14.9. The Balaban J connectivity index is 1.09. The van der Waals surface area contributed by atoms with Crippen LogP contribution in [0.1, 0.15) is 49.7 Å². The summed E-state index contributed by atoms with van der Waals surface area (Å²) in [5.74, 6) is -3.20. The average molecular weight is 673 g/mol. The summed E-state index contributed by atoms with van der Waals surface area (Å²) in [6.07, 6.45) is 3.16. The molecule has 1 aromatic heterocycles. The number of halogens is 3. The molecule has 0 radical (unpaired) electrons. The van der Waals surface area contributed by atoms with Crippen LogP contribution in [0.3, 0.4) is 0 Å². The lowest BCUT2D eigenvalue weighted by Crippen LogP contribution is -2.45. The fraction of sp³-hybridized carbons (Fsp3) is 0.485. The summed E-state index contributed by atoms with van der Waals surface area (Å²) in [4.78, 5) is 38.6. The van der Waals surface area contributed by atoms with E-state index in [0.29, 0.717) is 51.3 Å². The number of nitrogens with zero attached hydrogens (tertiary/aromatic N) is 3. The van der Waals surface area contributed by atoms with Crippen LogP contribution in [0.2, 0.25) is 0 Å². The Labute approximate surface area is 275 Å². The molecule has 258 valence electrons.